The van der Waals surface area contributed by atoms with Gasteiger partial charge in [-0.15, -0.1) is 0 Å². The molecule has 1 saturated carbocycles. The van der Waals surface area contributed by atoms with E-state index in [-0.39, 0.29) is 59.6 Å². The Hall–Kier alpha value is -4.10. The van der Waals surface area contributed by atoms with E-state index in [1.54, 1.807) is 22.2 Å². The van der Waals surface area contributed by atoms with E-state index in [9.17, 15) is 19.2 Å². The molecule has 4 N–H and O–H groups in total. The van der Waals surface area contributed by atoms with Crippen LogP contribution in [-0.4, -0.2) is 90.1 Å². The van der Waals surface area contributed by atoms with Crippen molar-refractivity contribution in [1.29, 1.82) is 0 Å². The maximum atomic E-state index is 13.0. The molecule has 1 aliphatic carbocycles. The Morgan fingerprint density at radius 2 is 1.04 bits per heavy atom. The normalized spacial score (nSPS) is 23.7. The lowest BCUT2D eigenvalue weighted by molar-refractivity contribution is 0.0208. The van der Waals surface area contributed by atoms with Crippen LogP contribution in [0.15, 0.2) is 12.4 Å². The minimum absolute atomic E-state index is 0.0382. The molecule has 252 valence electrons. The topological polar surface area (TPSA) is 175 Å². The summed E-state index contributed by atoms with van der Waals surface area (Å²) in [5.74, 6) is 0.611. The molecule has 0 bridgehead atoms. The van der Waals surface area contributed by atoms with Crippen LogP contribution in [0.25, 0.3) is 0 Å². The molecule has 0 aromatic carbocycles. The number of carbonyl (C=O) groups is 4. The number of rotatable bonds is 6. The van der Waals surface area contributed by atoms with Crippen LogP contribution < -0.4 is 10.6 Å². The van der Waals surface area contributed by atoms with Crippen LogP contribution in [-0.2, 0) is 9.47 Å². The first-order chi connectivity index (χ1) is 21.7. The van der Waals surface area contributed by atoms with Crippen LogP contribution >= 0.6 is 0 Å². The lowest BCUT2D eigenvalue weighted by Gasteiger charge is -2.29. The second-order valence-electron chi connectivity index (χ2n) is 14.5. The van der Waals surface area contributed by atoms with Crippen molar-refractivity contribution in [3.63, 3.8) is 0 Å². The maximum absolute atomic E-state index is 13.0. The number of hydrogen-bond acceptors (Lipinski definition) is 8. The summed E-state index contributed by atoms with van der Waals surface area (Å²) in [6.07, 6.45) is 8.40. The van der Waals surface area contributed by atoms with Gasteiger partial charge in [-0.05, 0) is 92.9 Å². The first-order valence-corrected chi connectivity index (χ1v) is 16.4. The maximum Gasteiger partial charge on any atom is 0.410 e. The highest BCUT2D eigenvalue weighted by molar-refractivity contribution is 5.93. The highest BCUT2D eigenvalue weighted by Gasteiger charge is 2.37. The van der Waals surface area contributed by atoms with E-state index in [1.165, 1.54) is 0 Å². The van der Waals surface area contributed by atoms with Crippen molar-refractivity contribution < 1.29 is 28.7 Å². The summed E-state index contributed by atoms with van der Waals surface area (Å²) in [4.78, 5) is 70.0. The Kier molecular flexibility index (Phi) is 9.64. The Balaban J connectivity index is 1.08. The van der Waals surface area contributed by atoms with E-state index in [1.807, 2.05) is 41.5 Å². The first kappa shape index (κ1) is 33.3. The number of ether oxygens (including phenoxy) is 2. The van der Waals surface area contributed by atoms with Gasteiger partial charge in [-0.2, -0.15) is 0 Å². The van der Waals surface area contributed by atoms with Crippen LogP contribution in [0.2, 0.25) is 0 Å². The van der Waals surface area contributed by atoms with Crippen molar-refractivity contribution >= 4 is 24.0 Å². The molecule has 0 spiro atoms. The fraction of sp³-hybridized carbons (Fsp3) is 0.688. The summed E-state index contributed by atoms with van der Waals surface area (Å²) in [5.41, 5.74) is -0.623. The van der Waals surface area contributed by atoms with E-state index < -0.39 is 11.2 Å². The monoisotopic (exact) mass is 640 g/mol. The van der Waals surface area contributed by atoms with Gasteiger partial charge >= 0.3 is 12.2 Å². The summed E-state index contributed by atoms with van der Waals surface area (Å²) < 4.78 is 11.1. The third-order valence-electron chi connectivity index (χ3n) is 8.45. The van der Waals surface area contributed by atoms with Gasteiger partial charge in [0.2, 0.25) is 0 Å². The molecule has 5 rings (SSSR count). The zero-order valence-corrected chi connectivity index (χ0v) is 27.8. The van der Waals surface area contributed by atoms with E-state index in [0.29, 0.717) is 50.4 Å². The van der Waals surface area contributed by atoms with Crippen molar-refractivity contribution in [3.05, 3.63) is 35.4 Å². The zero-order chi connectivity index (χ0) is 33.2. The van der Waals surface area contributed by atoms with E-state index in [0.717, 1.165) is 25.7 Å². The van der Waals surface area contributed by atoms with Crippen molar-refractivity contribution in [1.82, 2.24) is 40.4 Å². The Bertz CT molecular complexity index is 1310. The molecule has 0 unspecified atom stereocenters. The van der Waals surface area contributed by atoms with Crippen LogP contribution in [0.5, 0.6) is 0 Å². The van der Waals surface area contributed by atoms with Crippen molar-refractivity contribution in [2.75, 3.05) is 13.1 Å². The molecule has 2 aromatic rings. The smallest absolute Gasteiger partial charge is 0.410 e. The van der Waals surface area contributed by atoms with Gasteiger partial charge in [0.05, 0.1) is 12.1 Å². The molecule has 2 aliphatic heterocycles. The SMILES string of the molecule is CC(C)(C)OC(=O)N1CCC[C@H]1c1nc(C(=O)N[C@H]2CC[C@H](NC(=O)c3c[nH]c([C@@H]4CCCN4C(=O)OC(C)(C)C)n3)CC2)c[nH]1. The third-order valence-corrected chi connectivity index (χ3v) is 8.45. The minimum atomic E-state index is -0.592. The number of hydrogen-bond donors (Lipinski definition) is 4. The predicted octanol–water partition coefficient (Wildman–Crippen LogP) is 4.75. The highest BCUT2D eigenvalue weighted by Crippen LogP contribution is 2.33. The fourth-order valence-corrected chi connectivity index (χ4v) is 6.33. The fourth-order valence-electron chi connectivity index (χ4n) is 6.33. The molecule has 46 heavy (non-hydrogen) atoms. The lowest BCUT2D eigenvalue weighted by Crippen LogP contribution is -2.44. The quantitative estimate of drug-likeness (QED) is 0.350. The Morgan fingerprint density at radius 3 is 1.39 bits per heavy atom. The number of H-pyrrole nitrogens is 2. The largest absolute Gasteiger partial charge is 0.444 e. The number of nitrogens with zero attached hydrogens (tertiary/aromatic N) is 4. The van der Waals surface area contributed by atoms with Crippen molar-refractivity contribution in [2.45, 2.75) is 128 Å². The molecule has 2 atom stereocenters. The summed E-state index contributed by atoms with van der Waals surface area (Å²) in [7, 11) is 0. The lowest BCUT2D eigenvalue weighted by atomic mass is 9.91. The number of aromatic nitrogens is 4. The molecule has 4 heterocycles. The van der Waals surface area contributed by atoms with E-state index >= 15 is 0 Å². The molecule has 3 fully saturated rings. The van der Waals surface area contributed by atoms with Crippen LogP contribution in [0.4, 0.5) is 9.59 Å². The van der Waals surface area contributed by atoms with Crippen LogP contribution in [0.3, 0.4) is 0 Å². The zero-order valence-electron chi connectivity index (χ0n) is 27.8. The summed E-state index contributed by atoms with van der Waals surface area (Å²) in [5, 5.41) is 6.14. The second-order valence-corrected chi connectivity index (χ2v) is 14.5. The van der Waals surface area contributed by atoms with Crippen LogP contribution in [0, 0.1) is 0 Å². The van der Waals surface area contributed by atoms with Gasteiger partial charge in [0.25, 0.3) is 11.8 Å². The van der Waals surface area contributed by atoms with Crippen molar-refractivity contribution in [3.8, 4) is 0 Å². The Morgan fingerprint density at radius 1 is 0.674 bits per heavy atom. The molecule has 14 heteroatoms. The van der Waals surface area contributed by atoms with Gasteiger partial charge in [-0.25, -0.2) is 19.6 Å². The average molecular weight is 641 g/mol. The highest BCUT2D eigenvalue weighted by atomic mass is 16.6. The third kappa shape index (κ3) is 8.18. The molecule has 4 amide bonds. The van der Waals surface area contributed by atoms with Gasteiger partial charge in [-0.1, -0.05) is 0 Å². The molecular formula is C32H48N8O6. The van der Waals surface area contributed by atoms with Gasteiger partial charge in [0.1, 0.15) is 34.2 Å². The number of nitrogens with one attached hydrogen (secondary N) is 4. The molecule has 0 radical (unpaired) electrons. The summed E-state index contributed by atoms with van der Waals surface area (Å²) in [6.45, 7) is 12.2. The Labute approximate surface area is 269 Å². The molecule has 2 aromatic heterocycles. The number of aromatic amines is 2. The van der Waals surface area contributed by atoms with Crippen LogP contribution in [0.1, 0.15) is 138 Å². The second kappa shape index (κ2) is 13.3. The van der Waals surface area contributed by atoms with Gasteiger partial charge in [-0.3, -0.25) is 19.4 Å². The van der Waals surface area contributed by atoms with Gasteiger partial charge in [0.15, 0.2) is 0 Å². The summed E-state index contributed by atoms with van der Waals surface area (Å²) in [6, 6.07) is -0.598. The molecule has 3 aliphatic rings. The number of amides is 4. The molecular weight excluding hydrogens is 592 g/mol. The van der Waals surface area contributed by atoms with Crippen molar-refractivity contribution in [2.24, 2.45) is 0 Å². The van der Waals surface area contributed by atoms with Gasteiger partial charge in [0, 0.05) is 37.6 Å². The average Bonchev–Trinajstić information content (AvgIpc) is 3.77. The number of carbonyl (C=O) groups excluding carboxylic acids is 4. The van der Waals surface area contributed by atoms with E-state index in [4.69, 9.17) is 9.47 Å². The predicted molar refractivity (Wildman–Crippen MR) is 168 cm³/mol. The molecule has 14 nitrogen and oxygen atoms in total. The van der Waals surface area contributed by atoms with Gasteiger partial charge < -0.3 is 30.1 Å². The van der Waals surface area contributed by atoms with E-state index in [2.05, 4.69) is 30.6 Å². The minimum Gasteiger partial charge on any atom is -0.444 e. The molecule has 2 saturated heterocycles. The number of imidazole rings is 2. The first-order valence-electron chi connectivity index (χ1n) is 16.4. The number of likely N-dealkylation sites (tertiary alicyclic amines) is 2. The standard InChI is InChI=1S/C32H48N8O6/c1-31(2,3)45-29(43)39-15-7-9-23(39)25-33-17-21(37-25)27(41)35-19-11-13-20(14-12-19)36-28(42)22-18-34-26(38-22)24-10-8-16-40(24)30(44)46-32(4,5)6/h17-20,23-24H,7-16H2,1-6H3,(H,33,37)(H,34,38)(H,35,41)(H,36,42)/t19-,20-,23-,24-/m0/s1. The summed E-state index contributed by atoms with van der Waals surface area (Å²) >= 11 is 0.